The fourth-order valence-electron chi connectivity index (χ4n) is 7.86. The molecule has 2 aromatic heterocycles. The van der Waals surface area contributed by atoms with Crippen LogP contribution in [0.5, 0.6) is 11.5 Å². The molecule has 0 fully saturated rings. The zero-order valence-corrected chi connectivity index (χ0v) is 30.8. The van der Waals surface area contributed by atoms with Crippen LogP contribution in [0.25, 0.3) is 66.6 Å². The zero-order valence-electron chi connectivity index (χ0n) is 30.8. The molecule has 250 valence electrons. The first kappa shape index (κ1) is 33.0. The van der Waals surface area contributed by atoms with Gasteiger partial charge in [0, 0.05) is 21.9 Å². The first-order valence-electron chi connectivity index (χ1n) is 17.2. The Morgan fingerprint density at radius 2 is 0.700 bits per heavy atom. The lowest BCUT2D eigenvalue weighted by molar-refractivity contribution is 0.415. The number of nitrogens with zero attached hydrogens (tertiary/aromatic N) is 2. The summed E-state index contributed by atoms with van der Waals surface area (Å²) in [5.74, 6) is 1.72. The van der Waals surface area contributed by atoms with E-state index < -0.39 is 0 Å². The van der Waals surface area contributed by atoms with Gasteiger partial charge in [-0.05, 0) is 159 Å². The number of fused-ring (bicyclic) bond motifs is 3. The van der Waals surface area contributed by atoms with Gasteiger partial charge in [-0.15, -0.1) is 0 Å². The minimum absolute atomic E-state index is 0.860. The average molecular weight is 657 g/mol. The molecular formula is C46H44N2O2. The second-order valence-corrected chi connectivity index (χ2v) is 13.6. The molecule has 2 heterocycles. The van der Waals surface area contributed by atoms with Crippen molar-refractivity contribution in [1.29, 1.82) is 0 Å². The van der Waals surface area contributed by atoms with Gasteiger partial charge in [0.1, 0.15) is 11.5 Å². The average Bonchev–Trinajstić information content (AvgIpc) is 3.13. The van der Waals surface area contributed by atoms with Crippen LogP contribution in [0.15, 0.2) is 84.9 Å². The molecule has 50 heavy (non-hydrogen) atoms. The molecule has 7 rings (SSSR count). The summed E-state index contributed by atoms with van der Waals surface area (Å²) in [5, 5.41) is 2.16. The second kappa shape index (κ2) is 12.8. The van der Waals surface area contributed by atoms with E-state index in [9.17, 15) is 0 Å². The highest BCUT2D eigenvalue weighted by atomic mass is 16.5. The van der Waals surface area contributed by atoms with E-state index in [-0.39, 0.29) is 0 Å². The van der Waals surface area contributed by atoms with Crippen molar-refractivity contribution in [2.24, 2.45) is 0 Å². The molecule has 0 saturated carbocycles. The minimum atomic E-state index is 0.860. The molecule has 0 unspecified atom stereocenters. The lowest BCUT2D eigenvalue weighted by atomic mass is 9.84. The highest BCUT2D eigenvalue weighted by Crippen LogP contribution is 2.42. The smallest absolute Gasteiger partial charge is 0.119 e. The summed E-state index contributed by atoms with van der Waals surface area (Å²) in [6, 6.07) is 29.7. The third-order valence-corrected chi connectivity index (χ3v) is 11.0. The summed E-state index contributed by atoms with van der Waals surface area (Å²) >= 11 is 0. The largest absolute Gasteiger partial charge is 0.497 e. The maximum absolute atomic E-state index is 5.56. The number of methoxy groups -OCH3 is 2. The third kappa shape index (κ3) is 5.31. The standard InChI is InChI=1S/C46H44N2O2/c1-25-29(5)43(30(6)26(2)41(25)35-13-11-15-37(23-35)49-9)39-21-19-33-17-18-34-20-22-40(48-46(34)45(33)47-39)44-31(7)27(3)42(28(4)32(44)8)36-14-12-16-38(24-36)50-10/h11-24H,1-10H3. The molecule has 0 spiro atoms. The van der Waals surface area contributed by atoms with Crippen LogP contribution in [0.4, 0.5) is 0 Å². The van der Waals surface area contributed by atoms with E-state index in [2.05, 4.69) is 128 Å². The summed E-state index contributed by atoms with van der Waals surface area (Å²) in [7, 11) is 3.43. The summed E-state index contributed by atoms with van der Waals surface area (Å²) in [6.07, 6.45) is 0. The second-order valence-electron chi connectivity index (χ2n) is 13.6. The molecule has 4 nitrogen and oxygen atoms in total. The molecule has 4 heteroatoms. The normalized spacial score (nSPS) is 11.4. The van der Waals surface area contributed by atoms with E-state index in [1.807, 2.05) is 12.1 Å². The van der Waals surface area contributed by atoms with E-state index >= 15 is 0 Å². The van der Waals surface area contributed by atoms with E-state index in [4.69, 9.17) is 19.4 Å². The topological polar surface area (TPSA) is 44.2 Å². The number of hydrogen-bond donors (Lipinski definition) is 0. The Morgan fingerprint density at radius 3 is 1.04 bits per heavy atom. The molecule has 0 aliphatic rings. The van der Waals surface area contributed by atoms with Crippen LogP contribution in [0.1, 0.15) is 44.5 Å². The third-order valence-electron chi connectivity index (χ3n) is 11.0. The van der Waals surface area contributed by atoms with E-state index in [0.717, 1.165) is 44.7 Å². The lowest BCUT2D eigenvalue weighted by Gasteiger charge is -2.22. The summed E-state index contributed by atoms with van der Waals surface area (Å²) < 4.78 is 11.1. The van der Waals surface area contributed by atoms with Crippen LogP contribution in [-0.4, -0.2) is 24.2 Å². The summed E-state index contributed by atoms with van der Waals surface area (Å²) in [5.41, 5.74) is 21.0. The molecule has 7 aromatic rings. The quantitative estimate of drug-likeness (QED) is 0.167. The van der Waals surface area contributed by atoms with Gasteiger partial charge in [-0.3, -0.25) is 0 Å². The van der Waals surface area contributed by atoms with Gasteiger partial charge < -0.3 is 9.47 Å². The fourth-order valence-corrected chi connectivity index (χ4v) is 7.86. The van der Waals surface area contributed by atoms with Crippen LogP contribution in [0, 0.1) is 55.4 Å². The van der Waals surface area contributed by atoms with Crippen molar-refractivity contribution in [2.45, 2.75) is 55.4 Å². The van der Waals surface area contributed by atoms with Crippen LogP contribution in [0.3, 0.4) is 0 Å². The van der Waals surface area contributed by atoms with E-state index in [0.29, 0.717) is 0 Å². The van der Waals surface area contributed by atoms with Crippen LogP contribution < -0.4 is 9.47 Å². The van der Waals surface area contributed by atoms with Crippen LogP contribution >= 0.6 is 0 Å². The SMILES string of the molecule is COc1cccc(-c2c(C)c(C)c(-c3ccc4ccc5ccc(-c6c(C)c(C)c(-c7cccc(OC)c7)c(C)c6C)nc5c4n3)c(C)c2C)c1. The molecule has 0 bridgehead atoms. The zero-order chi connectivity index (χ0) is 35.4. The minimum Gasteiger partial charge on any atom is -0.497 e. The number of ether oxygens (including phenoxy) is 2. The predicted molar refractivity (Wildman–Crippen MR) is 210 cm³/mol. The monoisotopic (exact) mass is 656 g/mol. The Labute approximate surface area is 295 Å². The van der Waals surface area contributed by atoms with Crippen molar-refractivity contribution in [1.82, 2.24) is 9.97 Å². The highest BCUT2D eigenvalue weighted by Gasteiger charge is 2.21. The highest BCUT2D eigenvalue weighted by molar-refractivity contribution is 6.04. The first-order chi connectivity index (χ1) is 24.0. The van der Waals surface area contributed by atoms with Crippen molar-refractivity contribution in [3.63, 3.8) is 0 Å². The van der Waals surface area contributed by atoms with Crippen molar-refractivity contribution >= 4 is 21.8 Å². The number of pyridine rings is 2. The molecule has 0 atom stereocenters. The van der Waals surface area contributed by atoms with Gasteiger partial charge in [-0.25, -0.2) is 9.97 Å². The Morgan fingerprint density at radius 1 is 0.380 bits per heavy atom. The van der Waals surface area contributed by atoms with E-state index in [1.165, 1.54) is 77.9 Å². The molecule has 0 radical (unpaired) electrons. The van der Waals surface area contributed by atoms with Crippen LogP contribution in [0.2, 0.25) is 0 Å². The van der Waals surface area contributed by atoms with Gasteiger partial charge in [-0.2, -0.15) is 0 Å². The molecule has 0 N–H and O–H groups in total. The van der Waals surface area contributed by atoms with Crippen molar-refractivity contribution < 1.29 is 9.47 Å². The van der Waals surface area contributed by atoms with Gasteiger partial charge in [0.05, 0.1) is 36.6 Å². The van der Waals surface area contributed by atoms with Crippen LogP contribution in [-0.2, 0) is 0 Å². The maximum Gasteiger partial charge on any atom is 0.119 e. The molecule has 0 aliphatic heterocycles. The van der Waals surface area contributed by atoms with Crippen molar-refractivity contribution in [2.75, 3.05) is 14.2 Å². The Kier molecular flexibility index (Phi) is 8.43. The number of rotatable bonds is 6. The predicted octanol–water partition coefficient (Wildman–Crippen LogP) is 11.9. The van der Waals surface area contributed by atoms with Gasteiger partial charge in [0.2, 0.25) is 0 Å². The van der Waals surface area contributed by atoms with Gasteiger partial charge in [0.25, 0.3) is 0 Å². The Bertz CT molecular complexity index is 2260. The first-order valence-corrected chi connectivity index (χ1v) is 17.2. The van der Waals surface area contributed by atoms with Gasteiger partial charge >= 0.3 is 0 Å². The maximum atomic E-state index is 5.56. The lowest BCUT2D eigenvalue weighted by Crippen LogP contribution is -2.02. The van der Waals surface area contributed by atoms with E-state index in [1.54, 1.807) is 14.2 Å². The molecule has 0 aliphatic carbocycles. The number of hydrogen-bond acceptors (Lipinski definition) is 4. The summed E-state index contributed by atoms with van der Waals surface area (Å²) in [4.78, 5) is 10.8. The Balaban J connectivity index is 1.40. The molecule has 0 amide bonds. The van der Waals surface area contributed by atoms with Crippen molar-refractivity contribution in [3.8, 4) is 56.3 Å². The summed E-state index contributed by atoms with van der Waals surface area (Å²) in [6.45, 7) is 17.8. The molecular weight excluding hydrogens is 613 g/mol. The number of benzene rings is 5. The van der Waals surface area contributed by atoms with Gasteiger partial charge in [0.15, 0.2) is 0 Å². The van der Waals surface area contributed by atoms with Gasteiger partial charge in [-0.1, -0.05) is 48.5 Å². The molecule has 0 saturated heterocycles. The fraction of sp³-hybridized carbons (Fsp3) is 0.217. The Hall–Kier alpha value is -5.48. The van der Waals surface area contributed by atoms with Crippen molar-refractivity contribution in [3.05, 3.63) is 129 Å². The number of aromatic nitrogens is 2. The molecule has 5 aromatic carbocycles.